The van der Waals surface area contributed by atoms with Crippen molar-refractivity contribution >= 4 is 33.5 Å². The highest BCUT2D eigenvalue weighted by Crippen LogP contribution is 2.35. The van der Waals surface area contributed by atoms with Crippen LogP contribution in [0.2, 0.25) is 0 Å². The lowest BCUT2D eigenvalue weighted by atomic mass is 10.1. The second kappa shape index (κ2) is 5.38. The summed E-state index contributed by atoms with van der Waals surface area (Å²) in [6.07, 6.45) is 0. The van der Waals surface area contributed by atoms with Gasteiger partial charge in [0.15, 0.2) is 0 Å². The number of aliphatic imine (C=N–C) groups is 1. The summed E-state index contributed by atoms with van der Waals surface area (Å²) >= 11 is 0. The Kier molecular flexibility index (Phi) is 3.04. The van der Waals surface area contributed by atoms with Crippen LogP contribution in [0.4, 0.5) is 5.69 Å². The summed E-state index contributed by atoms with van der Waals surface area (Å²) in [5.41, 5.74) is 7.47. The Labute approximate surface area is 144 Å². The summed E-state index contributed by atoms with van der Waals surface area (Å²) in [5.74, 6) is 0.757. The van der Waals surface area contributed by atoms with Crippen LogP contribution in [-0.4, -0.2) is 22.3 Å². The van der Waals surface area contributed by atoms with E-state index in [1.54, 1.807) is 0 Å². The zero-order valence-corrected chi connectivity index (χ0v) is 13.7. The lowest BCUT2D eigenvalue weighted by Gasteiger charge is -2.17. The van der Waals surface area contributed by atoms with Crippen LogP contribution < -0.4 is 4.74 Å². The maximum absolute atomic E-state index is 5.94. The minimum atomic E-state index is 0.461. The summed E-state index contributed by atoms with van der Waals surface area (Å²) in [6, 6.07) is 20.1. The molecule has 1 aliphatic rings. The van der Waals surface area contributed by atoms with Gasteiger partial charge in [0.1, 0.15) is 18.0 Å². The Bertz CT molecular complexity index is 1150. The number of rotatable bonds is 1. The monoisotopic (exact) mass is 325 g/mol. The first kappa shape index (κ1) is 14.1. The molecule has 4 heteroatoms. The third-order valence-corrected chi connectivity index (χ3v) is 4.42. The molecule has 25 heavy (non-hydrogen) atoms. The number of hydrogen-bond acceptors (Lipinski definition) is 4. The van der Waals surface area contributed by atoms with E-state index in [1.807, 2.05) is 36.4 Å². The van der Waals surface area contributed by atoms with Crippen molar-refractivity contribution in [3.05, 3.63) is 71.8 Å². The molecule has 4 nitrogen and oxygen atoms in total. The second-order valence-corrected chi connectivity index (χ2v) is 6.23. The average Bonchev–Trinajstić information content (AvgIpc) is 2.65. The van der Waals surface area contributed by atoms with E-state index in [2.05, 4.69) is 36.2 Å². The first-order valence-corrected chi connectivity index (χ1v) is 8.24. The molecule has 2 heterocycles. The molecule has 0 saturated carbocycles. The van der Waals surface area contributed by atoms with Crippen molar-refractivity contribution in [1.29, 1.82) is 0 Å². The van der Waals surface area contributed by atoms with E-state index in [1.165, 1.54) is 5.56 Å². The Balaban J connectivity index is 1.66. The molecule has 0 unspecified atom stereocenters. The third kappa shape index (κ3) is 2.43. The smallest absolute Gasteiger partial charge is 0.147 e. The zero-order chi connectivity index (χ0) is 16.8. The number of benzene rings is 3. The van der Waals surface area contributed by atoms with Crippen LogP contribution in [0.5, 0.6) is 5.75 Å². The molecule has 0 fully saturated rings. The quantitative estimate of drug-likeness (QED) is 0.480. The van der Waals surface area contributed by atoms with Crippen LogP contribution in [0.1, 0.15) is 11.1 Å². The van der Waals surface area contributed by atoms with Crippen LogP contribution in [0.25, 0.3) is 22.1 Å². The van der Waals surface area contributed by atoms with E-state index in [9.17, 15) is 0 Å². The highest BCUT2D eigenvalue weighted by Gasteiger charge is 2.16. The van der Waals surface area contributed by atoms with Crippen molar-refractivity contribution in [2.75, 3.05) is 6.61 Å². The van der Waals surface area contributed by atoms with Crippen LogP contribution >= 0.6 is 0 Å². The number of hydrogen-bond donors (Lipinski definition) is 0. The predicted octanol–water partition coefficient (Wildman–Crippen LogP) is 4.60. The molecule has 0 amide bonds. The molecule has 0 atom stereocenters. The van der Waals surface area contributed by atoms with E-state index < -0.39 is 0 Å². The Morgan fingerprint density at radius 3 is 2.20 bits per heavy atom. The molecule has 0 radical (unpaired) electrons. The molecule has 1 aliphatic heterocycles. The lowest BCUT2D eigenvalue weighted by molar-refractivity contribution is 0.373. The van der Waals surface area contributed by atoms with Gasteiger partial charge in [0, 0.05) is 6.07 Å². The molecular formula is C21H15N3O. The molecule has 0 bridgehead atoms. The Morgan fingerprint density at radius 2 is 1.48 bits per heavy atom. The number of para-hydroxylation sites is 2. The van der Waals surface area contributed by atoms with Gasteiger partial charge in [0.2, 0.25) is 0 Å². The highest BCUT2D eigenvalue weighted by atomic mass is 16.5. The number of nitrogens with zero attached hydrogens (tertiary/aromatic N) is 3. The van der Waals surface area contributed by atoms with E-state index >= 15 is 0 Å². The van der Waals surface area contributed by atoms with Crippen molar-refractivity contribution in [3.63, 3.8) is 0 Å². The zero-order valence-electron chi connectivity index (χ0n) is 13.7. The standard InChI is InChI=1S/C21H15N3O/c1-13-6-8-14(9-7-13)20-12-25-21-11-18-17(10-19(21)24-20)22-15-4-2-3-5-16(15)23-18/h2-11H,12H2,1H3. The maximum Gasteiger partial charge on any atom is 0.147 e. The van der Waals surface area contributed by atoms with Gasteiger partial charge in [-0.3, -0.25) is 0 Å². The SMILES string of the molecule is Cc1ccc(C2=Nc3cc4nc5ccccc5nc4cc3OC2)cc1. The van der Waals surface area contributed by atoms with E-state index in [0.717, 1.165) is 44.8 Å². The molecule has 0 spiro atoms. The fraction of sp³-hybridized carbons (Fsp3) is 0.0952. The second-order valence-electron chi connectivity index (χ2n) is 6.23. The number of ether oxygens (including phenoxy) is 1. The molecule has 120 valence electrons. The van der Waals surface area contributed by atoms with Gasteiger partial charge in [-0.1, -0.05) is 42.0 Å². The normalized spacial score (nSPS) is 13.4. The number of aromatic nitrogens is 2. The van der Waals surface area contributed by atoms with Crippen LogP contribution in [0.15, 0.2) is 65.7 Å². The number of aryl methyl sites for hydroxylation is 1. The molecular weight excluding hydrogens is 310 g/mol. The molecule has 4 aromatic rings. The minimum absolute atomic E-state index is 0.461. The van der Waals surface area contributed by atoms with Gasteiger partial charge < -0.3 is 4.74 Å². The molecule has 0 N–H and O–H groups in total. The molecule has 5 rings (SSSR count). The fourth-order valence-electron chi connectivity index (χ4n) is 3.06. The van der Waals surface area contributed by atoms with Crippen molar-refractivity contribution in [2.24, 2.45) is 4.99 Å². The maximum atomic E-state index is 5.94. The molecule has 0 aliphatic carbocycles. The first-order chi connectivity index (χ1) is 12.3. The van der Waals surface area contributed by atoms with Gasteiger partial charge in [0.25, 0.3) is 0 Å². The summed E-state index contributed by atoms with van der Waals surface area (Å²) in [5, 5.41) is 0. The average molecular weight is 325 g/mol. The van der Waals surface area contributed by atoms with Gasteiger partial charge in [-0.25, -0.2) is 15.0 Å². The van der Waals surface area contributed by atoms with E-state index in [0.29, 0.717) is 6.61 Å². The Morgan fingerprint density at radius 1 is 0.800 bits per heavy atom. The largest absolute Gasteiger partial charge is 0.485 e. The molecule has 1 aromatic heterocycles. The van der Waals surface area contributed by atoms with Crippen molar-refractivity contribution < 1.29 is 4.74 Å². The van der Waals surface area contributed by atoms with E-state index in [4.69, 9.17) is 14.7 Å². The third-order valence-electron chi connectivity index (χ3n) is 4.42. The molecule has 0 saturated heterocycles. The topological polar surface area (TPSA) is 47.4 Å². The lowest BCUT2D eigenvalue weighted by Crippen LogP contribution is -2.16. The van der Waals surface area contributed by atoms with Gasteiger partial charge in [-0.15, -0.1) is 0 Å². The summed E-state index contributed by atoms with van der Waals surface area (Å²) in [7, 11) is 0. The van der Waals surface area contributed by atoms with Crippen LogP contribution in [-0.2, 0) is 0 Å². The highest BCUT2D eigenvalue weighted by molar-refractivity contribution is 6.05. The van der Waals surface area contributed by atoms with Gasteiger partial charge in [-0.05, 0) is 30.7 Å². The van der Waals surface area contributed by atoms with Crippen LogP contribution in [0.3, 0.4) is 0 Å². The van der Waals surface area contributed by atoms with E-state index in [-0.39, 0.29) is 0 Å². The summed E-state index contributed by atoms with van der Waals surface area (Å²) in [6.45, 7) is 2.54. The van der Waals surface area contributed by atoms with Gasteiger partial charge in [-0.2, -0.15) is 0 Å². The van der Waals surface area contributed by atoms with Crippen molar-refractivity contribution in [1.82, 2.24) is 9.97 Å². The summed E-state index contributed by atoms with van der Waals surface area (Å²) in [4.78, 5) is 14.2. The van der Waals surface area contributed by atoms with Crippen molar-refractivity contribution in [2.45, 2.75) is 6.92 Å². The summed E-state index contributed by atoms with van der Waals surface area (Å²) < 4.78 is 5.94. The first-order valence-electron chi connectivity index (χ1n) is 8.24. The van der Waals surface area contributed by atoms with Crippen LogP contribution in [0, 0.1) is 6.92 Å². The Hall–Kier alpha value is -3.27. The van der Waals surface area contributed by atoms with Gasteiger partial charge in [0.05, 0.1) is 27.8 Å². The predicted molar refractivity (Wildman–Crippen MR) is 99.9 cm³/mol. The van der Waals surface area contributed by atoms with Gasteiger partial charge >= 0.3 is 0 Å². The molecule has 3 aromatic carbocycles. The van der Waals surface area contributed by atoms with Crippen molar-refractivity contribution in [3.8, 4) is 5.75 Å². The minimum Gasteiger partial charge on any atom is -0.485 e. The fourth-order valence-corrected chi connectivity index (χ4v) is 3.06. The number of fused-ring (bicyclic) bond motifs is 3.